The Balaban J connectivity index is 1.66. The van der Waals surface area contributed by atoms with Gasteiger partial charge in [0.25, 0.3) is 5.91 Å². The fourth-order valence-corrected chi connectivity index (χ4v) is 2.92. The SMILES string of the molecule is C[C@H](Nc1cccc2ccccc12)C(=O)N/N=C\c1cc(Br)ccc1O. The van der Waals surface area contributed by atoms with E-state index in [0.717, 1.165) is 20.9 Å². The van der Waals surface area contributed by atoms with Crippen LogP contribution >= 0.6 is 15.9 Å². The molecule has 0 spiro atoms. The lowest BCUT2D eigenvalue weighted by atomic mass is 10.1. The van der Waals surface area contributed by atoms with Crippen LogP contribution in [0.4, 0.5) is 5.69 Å². The predicted octanol–water partition coefficient (Wildman–Crippen LogP) is 4.26. The van der Waals surface area contributed by atoms with Crippen LogP contribution < -0.4 is 10.7 Å². The van der Waals surface area contributed by atoms with Gasteiger partial charge in [-0.1, -0.05) is 52.3 Å². The summed E-state index contributed by atoms with van der Waals surface area (Å²) in [7, 11) is 0. The maximum absolute atomic E-state index is 12.3. The standard InChI is InChI=1S/C20H18BrN3O2/c1-13(23-18-8-4-6-14-5-2-3-7-17(14)18)20(26)24-22-12-15-11-16(21)9-10-19(15)25/h2-13,23,25H,1H3,(H,24,26)/b22-12-/t13-/m0/s1. The number of phenolic OH excluding ortho intramolecular Hbond substituents is 1. The first-order chi connectivity index (χ1) is 12.5. The lowest BCUT2D eigenvalue weighted by Crippen LogP contribution is -2.34. The molecule has 0 radical (unpaired) electrons. The van der Waals surface area contributed by atoms with E-state index in [2.05, 4.69) is 31.8 Å². The number of hydrogen-bond donors (Lipinski definition) is 3. The summed E-state index contributed by atoms with van der Waals surface area (Å²) in [5.74, 6) is -0.184. The molecule has 0 aliphatic carbocycles. The maximum Gasteiger partial charge on any atom is 0.262 e. The molecule has 3 rings (SSSR count). The number of carbonyl (C=O) groups excluding carboxylic acids is 1. The second-order valence-electron chi connectivity index (χ2n) is 5.83. The van der Waals surface area contributed by atoms with Crippen molar-refractivity contribution in [2.75, 3.05) is 5.32 Å². The first-order valence-corrected chi connectivity index (χ1v) is 8.89. The predicted molar refractivity (Wildman–Crippen MR) is 109 cm³/mol. The van der Waals surface area contributed by atoms with Gasteiger partial charge in [0.1, 0.15) is 11.8 Å². The maximum atomic E-state index is 12.3. The zero-order valence-electron chi connectivity index (χ0n) is 14.1. The molecule has 0 bridgehead atoms. The Labute approximate surface area is 159 Å². The molecule has 0 unspecified atom stereocenters. The highest BCUT2D eigenvalue weighted by Crippen LogP contribution is 2.23. The number of phenols is 1. The zero-order valence-corrected chi connectivity index (χ0v) is 15.7. The molecule has 0 saturated heterocycles. The van der Waals surface area contributed by atoms with E-state index in [0.29, 0.717) is 5.56 Å². The highest BCUT2D eigenvalue weighted by Gasteiger charge is 2.13. The zero-order chi connectivity index (χ0) is 18.5. The fraction of sp³-hybridized carbons (Fsp3) is 0.100. The van der Waals surface area contributed by atoms with Crippen molar-refractivity contribution in [1.29, 1.82) is 0 Å². The summed E-state index contributed by atoms with van der Waals surface area (Å²) in [6.45, 7) is 1.77. The number of rotatable bonds is 5. The minimum atomic E-state index is -0.478. The van der Waals surface area contributed by atoms with Crippen molar-refractivity contribution in [2.45, 2.75) is 13.0 Å². The van der Waals surface area contributed by atoms with E-state index in [-0.39, 0.29) is 11.7 Å². The van der Waals surface area contributed by atoms with Crippen LogP contribution in [0.25, 0.3) is 10.8 Å². The van der Waals surface area contributed by atoms with Crippen molar-refractivity contribution in [3.8, 4) is 5.75 Å². The van der Waals surface area contributed by atoms with E-state index in [1.54, 1.807) is 25.1 Å². The van der Waals surface area contributed by atoms with Gasteiger partial charge in [-0.3, -0.25) is 4.79 Å². The van der Waals surface area contributed by atoms with E-state index in [4.69, 9.17) is 0 Å². The van der Waals surface area contributed by atoms with Gasteiger partial charge in [0.2, 0.25) is 0 Å². The van der Waals surface area contributed by atoms with Gasteiger partial charge in [-0.15, -0.1) is 0 Å². The van der Waals surface area contributed by atoms with Gasteiger partial charge in [0.05, 0.1) is 6.21 Å². The number of fused-ring (bicyclic) bond motifs is 1. The summed E-state index contributed by atoms with van der Waals surface area (Å²) in [6.07, 6.45) is 1.41. The van der Waals surface area contributed by atoms with Crippen molar-refractivity contribution in [3.05, 3.63) is 70.7 Å². The topological polar surface area (TPSA) is 73.7 Å². The van der Waals surface area contributed by atoms with Crippen molar-refractivity contribution in [3.63, 3.8) is 0 Å². The summed E-state index contributed by atoms with van der Waals surface area (Å²) < 4.78 is 0.814. The number of halogens is 1. The number of nitrogens with one attached hydrogen (secondary N) is 2. The summed E-state index contributed by atoms with van der Waals surface area (Å²) in [5.41, 5.74) is 3.88. The third kappa shape index (κ3) is 4.21. The van der Waals surface area contributed by atoms with Crippen LogP contribution in [0.5, 0.6) is 5.75 Å². The van der Waals surface area contributed by atoms with Crippen LogP contribution in [-0.4, -0.2) is 23.3 Å². The van der Waals surface area contributed by atoms with E-state index >= 15 is 0 Å². The summed E-state index contributed by atoms with van der Waals surface area (Å²) in [5, 5.41) is 19.1. The molecule has 0 heterocycles. The van der Waals surface area contributed by atoms with Gasteiger partial charge in [0, 0.05) is 21.1 Å². The van der Waals surface area contributed by atoms with E-state index in [9.17, 15) is 9.90 Å². The molecule has 1 amide bonds. The molecule has 0 fully saturated rings. The van der Waals surface area contributed by atoms with Gasteiger partial charge >= 0.3 is 0 Å². The van der Waals surface area contributed by atoms with E-state index < -0.39 is 6.04 Å². The van der Waals surface area contributed by atoms with Crippen LogP contribution in [-0.2, 0) is 4.79 Å². The molecule has 3 N–H and O–H groups in total. The third-order valence-electron chi connectivity index (χ3n) is 3.92. The molecule has 3 aromatic carbocycles. The van der Waals surface area contributed by atoms with Crippen LogP contribution in [0.1, 0.15) is 12.5 Å². The number of aromatic hydroxyl groups is 1. The van der Waals surface area contributed by atoms with Crippen LogP contribution in [0.3, 0.4) is 0 Å². The minimum absolute atomic E-state index is 0.0909. The summed E-state index contributed by atoms with van der Waals surface area (Å²) in [6, 6.07) is 18.4. The quantitative estimate of drug-likeness (QED) is 0.433. The highest BCUT2D eigenvalue weighted by atomic mass is 79.9. The molecule has 5 nitrogen and oxygen atoms in total. The number of hydrogen-bond acceptors (Lipinski definition) is 4. The number of hydrazone groups is 1. The van der Waals surface area contributed by atoms with Crippen LogP contribution in [0.15, 0.2) is 70.2 Å². The lowest BCUT2D eigenvalue weighted by Gasteiger charge is -2.15. The Morgan fingerprint density at radius 3 is 2.77 bits per heavy atom. The van der Waals surface area contributed by atoms with Crippen molar-refractivity contribution in [2.24, 2.45) is 5.10 Å². The first kappa shape index (κ1) is 17.9. The molecule has 0 aliphatic rings. The van der Waals surface area contributed by atoms with Gasteiger partial charge in [-0.05, 0) is 36.6 Å². The smallest absolute Gasteiger partial charge is 0.262 e. The van der Waals surface area contributed by atoms with Gasteiger partial charge in [0.15, 0.2) is 0 Å². The normalized spacial score (nSPS) is 12.2. The van der Waals surface area contributed by atoms with Gasteiger partial charge in [-0.25, -0.2) is 5.43 Å². The Morgan fingerprint density at radius 2 is 1.92 bits per heavy atom. The Bertz CT molecular complexity index is 967. The number of benzene rings is 3. The Morgan fingerprint density at radius 1 is 1.15 bits per heavy atom. The van der Waals surface area contributed by atoms with E-state index in [1.165, 1.54) is 6.21 Å². The van der Waals surface area contributed by atoms with Crippen molar-refractivity contribution >= 4 is 44.5 Å². The molecule has 0 aromatic heterocycles. The molecular weight excluding hydrogens is 394 g/mol. The molecule has 132 valence electrons. The molecular formula is C20H18BrN3O2. The Kier molecular flexibility index (Phi) is 5.53. The molecule has 3 aromatic rings. The molecule has 26 heavy (non-hydrogen) atoms. The second-order valence-corrected chi connectivity index (χ2v) is 6.75. The average molecular weight is 412 g/mol. The highest BCUT2D eigenvalue weighted by molar-refractivity contribution is 9.10. The first-order valence-electron chi connectivity index (χ1n) is 8.10. The molecule has 6 heteroatoms. The van der Waals surface area contributed by atoms with E-state index in [1.807, 2.05) is 42.5 Å². The minimum Gasteiger partial charge on any atom is -0.507 e. The van der Waals surface area contributed by atoms with Gasteiger partial charge < -0.3 is 10.4 Å². The number of nitrogens with zero attached hydrogens (tertiary/aromatic N) is 1. The largest absolute Gasteiger partial charge is 0.507 e. The van der Waals surface area contributed by atoms with Crippen LogP contribution in [0.2, 0.25) is 0 Å². The lowest BCUT2D eigenvalue weighted by molar-refractivity contribution is -0.121. The summed E-state index contributed by atoms with van der Waals surface area (Å²) in [4.78, 5) is 12.3. The van der Waals surface area contributed by atoms with Crippen LogP contribution in [0, 0.1) is 0 Å². The number of anilines is 1. The third-order valence-corrected chi connectivity index (χ3v) is 4.42. The summed E-state index contributed by atoms with van der Waals surface area (Å²) >= 11 is 3.33. The number of amides is 1. The molecule has 0 aliphatic heterocycles. The van der Waals surface area contributed by atoms with Gasteiger partial charge in [-0.2, -0.15) is 5.10 Å². The fourth-order valence-electron chi connectivity index (χ4n) is 2.54. The molecule has 1 atom stereocenters. The van der Waals surface area contributed by atoms with Crippen molar-refractivity contribution in [1.82, 2.24) is 5.43 Å². The second kappa shape index (κ2) is 8.01. The monoisotopic (exact) mass is 411 g/mol. The molecule has 0 saturated carbocycles. The average Bonchev–Trinajstić information content (AvgIpc) is 2.64. The number of carbonyl (C=O) groups is 1. The van der Waals surface area contributed by atoms with Crippen molar-refractivity contribution < 1.29 is 9.90 Å². The Hall–Kier alpha value is -2.86.